The predicted molar refractivity (Wildman–Crippen MR) is 189 cm³/mol. The first-order valence-electron chi connectivity index (χ1n) is 16.2. The highest BCUT2D eigenvalue weighted by Crippen LogP contribution is 2.43. The van der Waals surface area contributed by atoms with Crippen molar-refractivity contribution in [1.82, 2.24) is 19.9 Å². The third-order valence-corrected chi connectivity index (χ3v) is 8.83. The van der Waals surface area contributed by atoms with Crippen LogP contribution in [0.5, 0.6) is 23.1 Å². The Bertz CT molecular complexity index is 1950. The van der Waals surface area contributed by atoms with Gasteiger partial charge in [0.25, 0.3) is 21.0 Å². The number of carbonyl (C=O) groups is 1. The lowest BCUT2D eigenvalue weighted by Crippen LogP contribution is -2.36. The van der Waals surface area contributed by atoms with Crippen molar-refractivity contribution in [3.8, 4) is 34.8 Å². The van der Waals surface area contributed by atoms with Gasteiger partial charge in [0.1, 0.15) is 19.8 Å². The molecule has 0 N–H and O–H groups in total. The fourth-order valence-electron chi connectivity index (χ4n) is 4.43. The number of nitrogens with zero attached hydrogens (tertiary/aromatic N) is 6. The molecule has 0 radical (unpaired) electrons. The van der Waals surface area contributed by atoms with Gasteiger partial charge in [0.15, 0.2) is 29.9 Å². The van der Waals surface area contributed by atoms with E-state index in [1.165, 1.54) is 38.7 Å². The Kier molecular flexibility index (Phi) is 14.6. The van der Waals surface area contributed by atoms with Gasteiger partial charge < -0.3 is 38.0 Å². The Balaban J connectivity index is 1.83. The van der Waals surface area contributed by atoms with Crippen LogP contribution in [0.1, 0.15) is 26.3 Å². The van der Waals surface area contributed by atoms with Crippen molar-refractivity contribution in [2.45, 2.75) is 31.1 Å². The van der Waals surface area contributed by atoms with E-state index in [1.54, 1.807) is 42.5 Å². The lowest BCUT2D eigenvalue weighted by atomic mass is 9.87. The van der Waals surface area contributed by atoms with Gasteiger partial charge in [-0.3, -0.25) is 0 Å². The largest absolute Gasteiger partial charge is 0.510 e. The maximum atomic E-state index is 14.6. The maximum Gasteiger partial charge on any atom is 0.510 e. The number of anilines is 1. The van der Waals surface area contributed by atoms with Gasteiger partial charge in [0.2, 0.25) is 11.6 Å². The first kappa shape index (κ1) is 40.9. The lowest BCUT2D eigenvalue weighted by Gasteiger charge is -2.26. The molecule has 4 aromatic rings. The second-order valence-corrected chi connectivity index (χ2v) is 13.7. The zero-order valence-corrected chi connectivity index (χ0v) is 31.0. The molecule has 0 aliphatic heterocycles. The minimum Gasteiger partial charge on any atom is -0.493 e. The van der Waals surface area contributed by atoms with Gasteiger partial charge in [-0.1, -0.05) is 45.0 Å². The maximum absolute atomic E-state index is 14.6. The van der Waals surface area contributed by atoms with E-state index in [9.17, 15) is 23.3 Å². The molecule has 0 amide bonds. The molecular weight excluding hydrogens is 732 g/mol. The number of hydrogen-bond acceptors (Lipinski definition) is 17. The van der Waals surface area contributed by atoms with Crippen LogP contribution in [0.25, 0.3) is 11.6 Å². The predicted octanol–water partition coefficient (Wildman–Crippen LogP) is 4.59. The van der Waals surface area contributed by atoms with Crippen LogP contribution < -0.4 is 18.5 Å². The smallest absolute Gasteiger partial charge is 0.493 e. The van der Waals surface area contributed by atoms with Crippen LogP contribution in [0, 0.1) is 10.1 Å². The molecule has 0 aliphatic rings. The van der Waals surface area contributed by atoms with E-state index in [0.717, 1.165) is 5.56 Å². The minimum atomic E-state index is -4.64. The van der Waals surface area contributed by atoms with Gasteiger partial charge in [0.05, 0.1) is 31.8 Å². The molecule has 20 heteroatoms. The third kappa shape index (κ3) is 11.3. The van der Waals surface area contributed by atoms with Crippen molar-refractivity contribution in [3.05, 3.63) is 82.7 Å². The van der Waals surface area contributed by atoms with Crippen LogP contribution >= 0.6 is 0 Å². The Morgan fingerprint density at radius 2 is 1.52 bits per heavy atom. The first-order valence-corrected chi connectivity index (χ1v) is 17.7. The summed E-state index contributed by atoms with van der Waals surface area (Å²) in [6, 6.07) is 14.3. The van der Waals surface area contributed by atoms with E-state index >= 15 is 0 Å². The highest BCUT2D eigenvalue weighted by atomic mass is 32.2. The normalized spacial score (nSPS) is 11.4. The molecule has 2 aromatic heterocycles. The number of sulfonamides is 1. The van der Waals surface area contributed by atoms with Crippen molar-refractivity contribution in [2.75, 3.05) is 64.9 Å². The van der Waals surface area contributed by atoms with Gasteiger partial charge in [-0.15, -0.1) is 10.1 Å². The van der Waals surface area contributed by atoms with Gasteiger partial charge in [0, 0.05) is 19.5 Å². The average molecular weight is 773 g/mol. The third-order valence-electron chi connectivity index (χ3n) is 7.11. The zero-order valence-electron chi connectivity index (χ0n) is 30.2. The second kappa shape index (κ2) is 19.3. The Labute approximate surface area is 311 Å². The molecule has 2 heterocycles. The fraction of sp³-hybridized carbons (Fsp3) is 0.382. The first-order chi connectivity index (χ1) is 25.8. The van der Waals surface area contributed by atoms with Crippen LogP contribution in [0.3, 0.4) is 0 Å². The van der Waals surface area contributed by atoms with Crippen LogP contribution in [0.4, 0.5) is 10.6 Å². The van der Waals surface area contributed by atoms with Gasteiger partial charge in [-0.2, -0.15) is 4.98 Å². The molecule has 0 unspecified atom stereocenters. The number of methoxy groups -OCH3 is 2. The van der Waals surface area contributed by atoms with Crippen molar-refractivity contribution in [3.63, 3.8) is 0 Å². The molecule has 0 spiro atoms. The minimum absolute atomic E-state index is 0.00926. The Hall–Kier alpha value is -5.86. The molecule has 4 rings (SSSR count). The van der Waals surface area contributed by atoms with E-state index in [1.807, 2.05) is 20.8 Å². The van der Waals surface area contributed by atoms with Gasteiger partial charge in [-0.05, 0) is 41.3 Å². The number of aromatic nitrogens is 4. The summed E-state index contributed by atoms with van der Waals surface area (Å²) in [4.78, 5) is 44.5. The summed E-state index contributed by atoms with van der Waals surface area (Å²) in [5, 5.41) is 9.32. The standard InChI is InChI=1S/C34H40N6O13S/c1-34(2,3)24-11-13-25(14-12-24)54(44,45)39(23-51-33(41)50-21-18-48-19-22-52-40(42)43)31-28(53-27-10-7-6-9-26(27)47-5)32(49-20-17-46-4)38-30(37-31)29-35-15-8-16-36-29/h6-16H,17-23H2,1-5H3. The Morgan fingerprint density at radius 3 is 2.17 bits per heavy atom. The van der Waals surface area contributed by atoms with Crippen molar-refractivity contribution in [2.24, 2.45) is 0 Å². The van der Waals surface area contributed by atoms with E-state index in [-0.39, 0.29) is 84.7 Å². The van der Waals surface area contributed by atoms with Crippen LogP contribution in [-0.2, 0) is 39.2 Å². The van der Waals surface area contributed by atoms with Gasteiger partial charge >= 0.3 is 6.16 Å². The summed E-state index contributed by atoms with van der Waals surface area (Å²) >= 11 is 0. The molecule has 0 saturated heterocycles. The topological polar surface area (TPSA) is 223 Å². The SMILES string of the molecule is COCCOc1nc(-c2ncccn2)nc(N(COC(=O)OCCOCCO[N+](=O)[O-])S(=O)(=O)c2ccc(C(C)(C)C)cc2)c1Oc1ccccc1OC. The molecule has 290 valence electrons. The number of ether oxygens (including phenoxy) is 7. The summed E-state index contributed by atoms with van der Waals surface area (Å²) in [6.07, 6.45) is 1.62. The molecule has 0 fully saturated rings. The number of para-hydroxylation sites is 2. The number of benzene rings is 2. The molecule has 54 heavy (non-hydrogen) atoms. The highest BCUT2D eigenvalue weighted by molar-refractivity contribution is 7.92. The van der Waals surface area contributed by atoms with Crippen LogP contribution in [0.2, 0.25) is 0 Å². The zero-order chi connectivity index (χ0) is 39.1. The summed E-state index contributed by atoms with van der Waals surface area (Å²) in [5.74, 6) is -0.680. The molecule has 0 bridgehead atoms. The monoisotopic (exact) mass is 772 g/mol. The van der Waals surface area contributed by atoms with Crippen molar-refractivity contribution < 1.29 is 56.3 Å². The number of hydrogen-bond donors (Lipinski definition) is 0. The van der Waals surface area contributed by atoms with E-state index < -0.39 is 33.8 Å². The quantitative estimate of drug-likeness (QED) is 0.0394. The number of rotatable bonds is 20. The Morgan fingerprint density at radius 1 is 0.833 bits per heavy atom. The average Bonchev–Trinajstić information content (AvgIpc) is 3.15. The number of carbonyl (C=O) groups excluding carboxylic acids is 1. The molecule has 19 nitrogen and oxygen atoms in total. The van der Waals surface area contributed by atoms with E-state index in [2.05, 4.69) is 24.8 Å². The summed E-state index contributed by atoms with van der Waals surface area (Å²) < 4.78 is 68.4. The molecule has 0 saturated carbocycles. The summed E-state index contributed by atoms with van der Waals surface area (Å²) in [7, 11) is -1.75. The molecular formula is C34H40N6O13S. The molecule has 0 atom stereocenters. The van der Waals surface area contributed by atoms with Crippen LogP contribution in [-0.4, -0.2) is 100 Å². The highest BCUT2D eigenvalue weighted by Gasteiger charge is 2.35. The summed E-state index contributed by atoms with van der Waals surface area (Å²) in [6.45, 7) is 4.06. The fourth-order valence-corrected chi connectivity index (χ4v) is 5.71. The molecule has 0 aliphatic carbocycles. The van der Waals surface area contributed by atoms with Crippen molar-refractivity contribution in [1.29, 1.82) is 0 Å². The van der Waals surface area contributed by atoms with Crippen molar-refractivity contribution >= 4 is 22.0 Å². The van der Waals surface area contributed by atoms with E-state index in [0.29, 0.717) is 4.31 Å². The lowest BCUT2D eigenvalue weighted by molar-refractivity contribution is -0.758. The summed E-state index contributed by atoms with van der Waals surface area (Å²) in [5.41, 5.74) is 0.568. The molecule has 2 aromatic carbocycles. The van der Waals surface area contributed by atoms with E-state index in [4.69, 9.17) is 33.2 Å². The van der Waals surface area contributed by atoms with Gasteiger partial charge in [-0.25, -0.2) is 32.5 Å². The second-order valence-electron chi connectivity index (χ2n) is 11.8. The van der Waals surface area contributed by atoms with Crippen LogP contribution in [0.15, 0.2) is 71.9 Å².